The number of carboxylic acids is 1. The minimum atomic E-state index is -0.982. The molecule has 8 nitrogen and oxygen atoms in total. The maximum absolute atomic E-state index is 12.8. The highest BCUT2D eigenvalue weighted by Crippen LogP contribution is 2.16. The molecule has 2 rings (SSSR count). The Hall–Kier alpha value is -3.10. The van der Waals surface area contributed by atoms with Gasteiger partial charge in [0.1, 0.15) is 18.1 Å². The van der Waals surface area contributed by atoms with Crippen LogP contribution in [-0.2, 0) is 20.7 Å². The number of hydrogen-bond acceptors (Lipinski definition) is 6. The molecule has 2 aromatic rings. The maximum Gasteiger partial charge on any atom is 0.415 e. The van der Waals surface area contributed by atoms with Gasteiger partial charge in [0.2, 0.25) is 0 Å². The number of hydrogen-bond donors (Lipinski definition) is 1. The van der Waals surface area contributed by atoms with Gasteiger partial charge in [0.15, 0.2) is 6.10 Å². The van der Waals surface area contributed by atoms with Crippen molar-refractivity contribution in [1.82, 2.24) is 4.90 Å². The van der Waals surface area contributed by atoms with Crippen LogP contribution >= 0.6 is 0 Å². The summed E-state index contributed by atoms with van der Waals surface area (Å²) in [5.41, 5.74) is 1.93. The fourth-order valence-corrected chi connectivity index (χ4v) is 3.30. The third kappa shape index (κ3) is 10.8. The molecule has 2 aromatic carbocycles. The van der Waals surface area contributed by atoms with E-state index in [-0.39, 0.29) is 13.0 Å². The van der Waals surface area contributed by atoms with Crippen LogP contribution in [0, 0.1) is 6.92 Å². The van der Waals surface area contributed by atoms with Crippen LogP contribution in [-0.4, -0.2) is 67.7 Å². The molecular formula is C27H37NO7. The number of ether oxygens (including phenoxy) is 4. The summed E-state index contributed by atoms with van der Waals surface area (Å²) in [5.74, 6) is 0.149. The first-order valence-corrected chi connectivity index (χ1v) is 12.1. The van der Waals surface area contributed by atoms with Crippen LogP contribution in [0.25, 0.3) is 0 Å². The molecule has 0 aliphatic rings. The summed E-state index contributed by atoms with van der Waals surface area (Å²) >= 11 is 0. The van der Waals surface area contributed by atoms with Gasteiger partial charge in [-0.25, -0.2) is 9.59 Å². The molecule has 0 radical (unpaired) electrons. The molecule has 0 aromatic heterocycles. The van der Waals surface area contributed by atoms with Gasteiger partial charge in [0, 0.05) is 32.8 Å². The number of benzene rings is 2. The number of carbonyl (C=O) groups is 2. The van der Waals surface area contributed by atoms with E-state index in [1.54, 1.807) is 36.1 Å². The fraction of sp³-hybridized carbons (Fsp3) is 0.481. The Morgan fingerprint density at radius 1 is 0.914 bits per heavy atom. The van der Waals surface area contributed by atoms with E-state index < -0.39 is 18.2 Å². The zero-order chi connectivity index (χ0) is 25.5. The standard InChI is InChI=1S/C27H37NO7/c1-4-17-32-18-6-15-28(27(31)35-24-11-7-21(3)8-12-24)16-19-34-23-13-9-22(10-14-23)20-25(26(29)30)33-5-2/h7-14,25H,4-6,15-20H2,1-3H3,(H,29,30). The number of aryl methyl sites for hydroxylation is 1. The molecule has 0 bridgehead atoms. The molecule has 0 saturated carbocycles. The van der Waals surface area contributed by atoms with Crippen molar-refractivity contribution in [1.29, 1.82) is 0 Å². The van der Waals surface area contributed by atoms with Gasteiger partial charge in [-0.3, -0.25) is 0 Å². The topological polar surface area (TPSA) is 94.5 Å². The highest BCUT2D eigenvalue weighted by Gasteiger charge is 2.18. The number of carboxylic acid groups (broad SMARTS) is 1. The lowest BCUT2D eigenvalue weighted by Crippen LogP contribution is -2.38. The van der Waals surface area contributed by atoms with Crippen molar-refractivity contribution in [2.75, 3.05) is 39.5 Å². The smallest absolute Gasteiger partial charge is 0.415 e. The summed E-state index contributed by atoms with van der Waals surface area (Å²) in [7, 11) is 0. The first-order chi connectivity index (χ1) is 16.9. The third-order valence-electron chi connectivity index (χ3n) is 5.17. The molecule has 1 unspecified atom stereocenters. The van der Waals surface area contributed by atoms with Crippen molar-refractivity contribution in [3.05, 3.63) is 59.7 Å². The molecule has 0 heterocycles. The van der Waals surface area contributed by atoms with E-state index in [0.717, 1.165) is 17.5 Å². The van der Waals surface area contributed by atoms with Gasteiger partial charge in [-0.1, -0.05) is 36.8 Å². The number of aliphatic carboxylic acids is 1. The molecule has 1 atom stereocenters. The molecular weight excluding hydrogens is 450 g/mol. The van der Waals surface area contributed by atoms with Gasteiger partial charge in [0.25, 0.3) is 0 Å². The van der Waals surface area contributed by atoms with Gasteiger partial charge >= 0.3 is 12.1 Å². The van der Waals surface area contributed by atoms with Crippen molar-refractivity contribution in [3.8, 4) is 11.5 Å². The van der Waals surface area contributed by atoms with Crippen molar-refractivity contribution in [2.45, 2.75) is 46.1 Å². The van der Waals surface area contributed by atoms with Crippen LogP contribution in [0.1, 0.15) is 37.8 Å². The normalized spacial score (nSPS) is 11.6. The molecule has 0 aliphatic heterocycles. The Morgan fingerprint density at radius 2 is 1.60 bits per heavy atom. The highest BCUT2D eigenvalue weighted by molar-refractivity contribution is 5.72. The quantitative estimate of drug-likeness (QED) is 0.342. The Morgan fingerprint density at radius 3 is 2.23 bits per heavy atom. The maximum atomic E-state index is 12.8. The van der Waals surface area contributed by atoms with Gasteiger partial charge in [-0.15, -0.1) is 0 Å². The summed E-state index contributed by atoms with van der Waals surface area (Å²) in [5, 5.41) is 9.24. The molecule has 192 valence electrons. The lowest BCUT2D eigenvalue weighted by molar-refractivity contribution is -0.149. The molecule has 0 aliphatic carbocycles. The van der Waals surface area contributed by atoms with Gasteiger partial charge in [-0.05, 0) is 56.5 Å². The molecule has 0 fully saturated rings. The third-order valence-corrected chi connectivity index (χ3v) is 5.17. The van der Waals surface area contributed by atoms with E-state index >= 15 is 0 Å². The minimum absolute atomic E-state index is 0.280. The van der Waals surface area contributed by atoms with Crippen molar-refractivity contribution in [2.24, 2.45) is 0 Å². The SMILES string of the molecule is CCCOCCCN(CCOc1ccc(CC(OCC)C(=O)O)cc1)C(=O)Oc1ccc(C)cc1. The van der Waals surface area contributed by atoms with Crippen LogP contribution < -0.4 is 9.47 Å². The number of amides is 1. The largest absolute Gasteiger partial charge is 0.492 e. The van der Waals surface area contributed by atoms with Crippen LogP contribution in [0.3, 0.4) is 0 Å². The first kappa shape index (κ1) is 28.1. The van der Waals surface area contributed by atoms with E-state index in [2.05, 4.69) is 6.92 Å². The summed E-state index contributed by atoms with van der Waals surface area (Å²) < 4.78 is 22.2. The molecule has 1 N–H and O–H groups in total. The predicted molar refractivity (Wildman–Crippen MR) is 133 cm³/mol. The Kier molecular flexibility index (Phi) is 12.7. The average Bonchev–Trinajstić information content (AvgIpc) is 2.84. The summed E-state index contributed by atoms with van der Waals surface area (Å²) in [6.07, 6.45) is 0.624. The number of nitrogens with zero attached hydrogens (tertiary/aromatic N) is 1. The Bertz CT molecular complexity index is 883. The van der Waals surface area contributed by atoms with Crippen LogP contribution in [0.5, 0.6) is 11.5 Å². The number of rotatable bonds is 16. The molecule has 35 heavy (non-hydrogen) atoms. The minimum Gasteiger partial charge on any atom is -0.492 e. The van der Waals surface area contributed by atoms with Crippen molar-refractivity contribution < 1.29 is 33.6 Å². The first-order valence-electron chi connectivity index (χ1n) is 12.1. The van der Waals surface area contributed by atoms with E-state index in [4.69, 9.17) is 18.9 Å². The van der Waals surface area contributed by atoms with E-state index in [1.807, 2.05) is 31.2 Å². The summed E-state index contributed by atoms with van der Waals surface area (Å²) in [4.78, 5) is 25.7. The number of carbonyl (C=O) groups excluding carboxylic acids is 1. The molecule has 1 amide bonds. The molecule has 0 saturated heterocycles. The average molecular weight is 488 g/mol. The van der Waals surface area contributed by atoms with Gasteiger partial charge in [0.05, 0.1) is 6.54 Å². The molecule has 0 spiro atoms. The molecule has 8 heteroatoms. The second-order valence-electron chi connectivity index (χ2n) is 8.11. The zero-order valence-electron chi connectivity index (χ0n) is 20.9. The van der Waals surface area contributed by atoms with Crippen LogP contribution in [0.4, 0.5) is 4.79 Å². The lowest BCUT2D eigenvalue weighted by atomic mass is 10.1. The Labute approximate surface area is 207 Å². The summed E-state index contributed by atoms with van der Waals surface area (Å²) in [6.45, 7) is 8.54. The van der Waals surface area contributed by atoms with Crippen molar-refractivity contribution >= 4 is 12.1 Å². The van der Waals surface area contributed by atoms with Gasteiger partial charge < -0.3 is 29.0 Å². The van der Waals surface area contributed by atoms with Crippen LogP contribution in [0.2, 0.25) is 0 Å². The monoisotopic (exact) mass is 487 g/mol. The van der Waals surface area contributed by atoms with E-state index in [9.17, 15) is 14.7 Å². The second kappa shape index (κ2) is 15.7. The van der Waals surface area contributed by atoms with E-state index in [1.165, 1.54) is 0 Å². The fourth-order valence-electron chi connectivity index (χ4n) is 3.30. The predicted octanol–water partition coefficient (Wildman–Crippen LogP) is 4.72. The lowest BCUT2D eigenvalue weighted by Gasteiger charge is -2.22. The van der Waals surface area contributed by atoms with Crippen molar-refractivity contribution in [3.63, 3.8) is 0 Å². The second-order valence-corrected chi connectivity index (χ2v) is 8.11. The van der Waals surface area contributed by atoms with Gasteiger partial charge in [-0.2, -0.15) is 0 Å². The van der Waals surface area contributed by atoms with E-state index in [0.29, 0.717) is 50.8 Å². The zero-order valence-corrected chi connectivity index (χ0v) is 20.9. The Balaban J connectivity index is 1.89. The highest BCUT2D eigenvalue weighted by atomic mass is 16.6. The summed E-state index contributed by atoms with van der Waals surface area (Å²) in [6, 6.07) is 14.5. The van der Waals surface area contributed by atoms with Crippen LogP contribution in [0.15, 0.2) is 48.5 Å².